The molecule has 2 atom stereocenters. The van der Waals surface area contributed by atoms with Gasteiger partial charge in [-0.2, -0.15) is 0 Å². The van der Waals surface area contributed by atoms with Crippen LogP contribution >= 0.6 is 0 Å². The maximum absolute atomic E-state index is 12.0. The van der Waals surface area contributed by atoms with Gasteiger partial charge in [0.2, 0.25) is 5.91 Å². The summed E-state index contributed by atoms with van der Waals surface area (Å²) in [5.41, 5.74) is 0.963. The minimum Gasteiger partial charge on any atom is -0.497 e. The molecule has 0 spiro atoms. The Morgan fingerprint density at radius 2 is 2.15 bits per heavy atom. The highest BCUT2D eigenvalue weighted by molar-refractivity contribution is 5.92. The van der Waals surface area contributed by atoms with Crippen LogP contribution in [0.2, 0.25) is 0 Å². The molecule has 2 unspecified atom stereocenters. The Hall–Kier alpha value is -1.81. The molecule has 1 aromatic carbocycles. The summed E-state index contributed by atoms with van der Waals surface area (Å²) in [7, 11) is 1.63. The standard InChI is InChI=1S/C16H21NO3/c1-12(18)14-9-10-17(11-14)16(19)8-5-13-3-6-15(20-2)7-4-13/h3-8,12,14,18H,9-11H2,1-2H3/b8-5+. The fourth-order valence-corrected chi connectivity index (χ4v) is 2.37. The Morgan fingerprint density at radius 3 is 2.70 bits per heavy atom. The van der Waals surface area contributed by atoms with Crippen LogP contribution in [0.15, 0.2) is 30.3 Å². The molecule has 0 radical (unpaired) electrons. The summed E-state index contributed by atoms with van der Waals surface area (Å²) >= 11 is 0. The van der Waals surface area contributed by atoms with Crippen molar-refractivity contribution in [3.63, 3.8) is 0 Å². The second kappa shape index (κ2) is 6.57. The van der Waals surface area contributed by atoms with Crippen LogP contribution in [0, 0.1) is 5.92 Å². The minimum atomic E-state index is -0.349. The van der Waals surface area contributed by atoms with Crippen LogP contribution in [-0.2, 0) is 4.79 Å². The third kappa shape index (κ3) is 3.61. The van der Waals surface area contributed by atoms with Crippen molar-refractivity contribution in [3.8, 4) is 5.75 Å². The molecule has 1 aliphatic rings. The van der Waals surface area contributed by atoms with Crippen molar-refractivity contribution in [1.29, 1.82) is 0 Å². The van der Waals surface area contributed by atoms with Crippen molar-refractivity contribution in [2.45, 2.75) is 19.4 Å². The highest BCUT2D eigenvalue weighted by Crippen LogP contribution is 2.20. The van der Waals surface area contributed by atoms with Crippen LogP contribution in [-0.4, -0.2) is 42.2 Å². The second-order valence-corrected chi connectivity index (χ2v) is 5.18. The molecule has 0 aromatic heterocycles. The molecule has 20 heavy (non-hydrogen) atoms. The normalized spacial score (nSPS) is 20.4. The summed E-state index contributed by atoms with van der Waals surface area (Å²) in [5, 5.41) is 9.54. The lowest BCUT2D eigenvalue weighted by Crippen LogP contribution is -2.28. The van der Waals surface area contributed by atoms with Crippen molar-refractivity contribution in [2.75, 3.05) is 20.2 Å². The Morgan fingerprint density at radius 1 is 1.45 bits per heavy atom. The molecule has 4 heteroatoms. The average Bonchev–Trinajstić information content (AvgIpc) is 2.95. The first-order chi connectivity index (χ1) is 9.60. The second-order valence-electron chi connectivity index (χ2n) is 5.18. The molecular weight excluding hydrogens is 254 g/mol. The molecule has 0 bridgehead atoms. The smallest absolute Gasteiger partial charge is 0.246 e. The lowest BCUT2D eigenvalue weighted by atomic mass is 10.0. The van der Waals surface area contributed by atoms with Gasteiger partial charge in [0.25, 0.3) is 0 Å². The highest BCUT2D eigenvalue weighted by Gasteiger charge is 2.27. The van der Waals surface area contributed by atoms with E-state index in [-0.39, 0.29) is 17.9 Å². The molecule has 1 N–H and O–H groups in total. The third-order valence-electron chi connectivity index (χ3n) is 3.75. The lowest BCUT2D eigenvalue weighted by Gasteiger charge is -2.15. The van der Waals surface area contributed by atoms with E-state index < -0.39 is 0 Å². The summed E-state index contributed by atoms with van der Waals surface area (Å²) in [5.74, 6) is 1.00. The van der Waals surface area contributed by atoms with Gasteiger partial charge in [-0.25, -0.2) is 0 Å². The van der Waals surface area contributed by atoms with Crippen molar-refractivity contribution in [3.05, 3.63) is 35.9 Å². The number of amides is 1. The summed E-state index contributed by atoms with van der Waals surface area (Å²) in [6, 6.07) is 7.54. The van der Waals surface area contributed by atoms with Gasteiger partial charge < -0.3 is 14.7 Å². The Bertz CT molecular complexity index is 479. The quantitative estimate of drug-likeness (QED) is 0.854. The summed E-state index contributed by atoms with van der Waals surface area (Å²) in [6.07, 6.45) is 3.92. The first kappa shape index (κ1) is 14.6. The summed E-state index contributed by atoms with van der Waals surface area (Å²) < 4.78 is 5.09. The molecule has 2 rings (SSSR count). The van der Waals surface area contributed by atoms with Crippen molar-refractivity contribution >= 4 is 12.0 Å². The van der Waals surface area contributed by atoms with E-state index in [1.54, 1.807) is 31.1 Å². The van der Waals surface area contributed by atoms with Crippen LogP contribution in [0.5, 0.6) is 5.75 Å². The number of nitrogens with zero attached hydrogens (tertiary/aromatic N) is 1. The van der Waals surface area contributed by atoms with Gasteiger partial charge in [0.05, 0.1) is 13.2 Å². The average molecular weight is 275 g/mol. The SMILES string of the molecule is COc1ccc(/C=C/C(=O)N2CCC(C(C)O)C2)cc1. The number of methoxy groups -OCH3 is 1. The molecule has 0 saturated carbocycles. The van der Waals surface area contributed by atoms with E-state index in [0.717, 1.165) is 24.3 Å². The van der Waals surface area contributed by atoms with Crippen LogP contribution in [0.25, 0.3) is 6.08 Å². The number of carbonyl (C=O) groups excluding carboxylic acids is 1. The summed E-state index contributed by atoms with van der Waals surface area (Å²) in [4.78, 5) is 13.8. The van der Waals surface area contributed by atoms with E-state index in [2.05, 4.69) is 0 Å². The molecule has 0 aliphatic carbocycles. The molecule has 1 aliphatic heterocycles. The maximum atomic E-state index is 12.0. The molecule has 108 valence electrons. The first-order valence-electron chi connectivity index (χ1n) is 6.89. The van der Waals surface area contributed by atoms with Gasteiger partial charge in [-0.15, -0.1) is 0 Å². The van der Waals surface area contributed by atoms with Crippen LogP contribution in [0.4, 0.5) is 0 Å². The number of benzene rings is 1. The van der Waals surface area contributed by atoms with E-state index in [1.165, 1.54) is 0 Å². The van der Waals surface area contributed by atoms with E-state index in [9.17, 15) is 9.90 Å². The Labute approximate surface area is 119 Å². The van der Waals surface area contributed by atoms with E-state index in [1.807, 2.05) is 24.3 Å². The molecular formula is C16H21NO3. The van der Waals surface area contributed by atoms with Gasteiger partial charge in [0.1, 0.15) is 5.75 Å². The van der Waals surface area contributed by atoms with Crippen molar-refractivity contribution < 1.29 is 14.6 Å². The summed E-state index contributed by atoms with van der Waals surface area (Å²) in [6.45, 7) is 3.15. The van der Waals surface area contributed by atoms with E-state index >= 15 is 0 Å². The fourth-order valence-electron chi connectivity index (χ4n) is 2.37. The maximum Gasteiger partial charge on any atom is 0.246 e. The van der Waals surface area contributed by atoms with Gasteiger partial charge in [-0.05, 0) is 37.1 Å². The number of ether oxygens (including phenoxy) is 1. The molecule has 1 aromatic rings. The number of hydrogen-bond acceptors (Lipinski definition) is 3. The third-order valence-corrected chi connectivity index (χ3v) is 3.75. The largest absolute Gasteiger partial charge is 0.497 e. The van der Waals surface area contributed by atoms with Gasteiger partial charge in [0, 0.05) is 25.1 Å². The number of aliphatic hydroxyl groups excluding tert-OH is 1. The molecule has 4 nitrogen and oxygen atoms in total. The molecule has 1 amide bonds. The van der Waals surface area contributed by atoms with Crippen LogP contribution in [0.1, 0.15) is 18.9 Å². The van der Waals surface area contributed by atoms with Crippen LogP contribution < -0.4 is 4.74 Å². The Balaban J connectivity index is 1.92. The zero-order valence-corrected chi connectivity index (χ0v) is 12.0. The van der Waals surface area contributed by atoms with E-state index in [4.69, 9.17) is 4.74 Å². The highest BCUT2D eigenvalue weighted by atomic mass is 16.5. The minimum absolute atomic E-state index is 0.00367. The predicted octanol–water partition coefficient (Wildman–Crippen LogP) is 1.94. The number of rotatable bonds is 4. The molecule has 1 fully saturated rings. The zero-order chi connectivity index (χ0) is 14.5. The van der Waals surface area contributed by atoms with Gasteiger partial charge >= 0.3 is 0 Å². The van der Waals surface area contributed by atoms with Gasteiger partial charge in [-0.3, -0.25) is 4.79 Å². The Kier molecular flexibility index (Phi) is 4.79. The van der Waals surface area contributed by atoms with Crippen LogP contribution in [0.3, 0.4) is 0 Å². The predicted molar refractivity (Wildman–Crippen MR) is 78.4 cm³/mol. The fraction of sp³-hybridized carbons (Fsp3) is 0.438. The van der Waals surface area contributed by atoms with Gasteiger partial charge in [0.15, 0.2) is 0 Å². The number of hydrogen-bond donors (Lipinski definition) is 1. The zero-order valence-electron chi connectivity index (χ0n) is 12.0. The molecule has 1 heterocycles. The van der Waals surface area contributed by atoms with E-state index in [0.29, 0.717) is 6.54 Å². The lowest BCUT2D eigenvalue weighted by molar-refractivity contribution is -0.125. The monoisotopic (exact) mass is 275 g/mol. The number of aliphatic hydroxyl groups is 1. The van der Waals surface area contributed by atoms with Crippen molar-refractivity contribution in [1.82, 2.24) is 4.90 Å². The number of carbonyl (C=O) groups is 1. The van der Waals surface area contributed by atoms with Gasteiger partial charge in [-0.1, -0.05) is 12.1 Å². The first-order valence-corrected chi connectivity index (χ1v) is 6.89. The van der Waals surface area contributed by atoms with Crippen molar-refractivity contribution in [2.24, 2.45) is 5.92 Å². The molecule has 1 saturated heterocycles. The topological polar surface area (TPSA) is 49.8 Å². The number of likely N-dealkylation sites (tertiary alicyclic amines) is 1.